The number of nitrogens with zero attached hydrogens (tertiary/aromatic N) is 2. The van der Waals surface area contributed by atoms with E-state index in [9.17, 15) is 0 Å². The van der Waals surface area contributed by atoms with Crippen LogP contribution in [0.5, 0.6) is 0 Å². The van der Waals surface area contributed by atoms with Gasteiger partial charge in [-0.25, -0.2) is 0 Å². The quantitative estimate of drug-likeness (QED) is 0.595. The molecule has 0 radical (unpaired) electrons. The number of nitrogens with one attached hydrogen (secondary N) is 1. The Bertz CT molecular complexity index is 444. The van der Waals surface area contributed by atoms with Crippen molar-refractivity contribution in [1.82, 2.24) is 0 Å². The van der Waals surface area contributed by atoms with Crippen LogP contribution < -0.4 is 5.32 Å². The molecular formula is C12H9N3. The molecule has 1 rings (SSSR count). The maximum absolute atomic E-state index is 8.71. The second-order valence-corrected chi connectivity index (χ2v) is 2.68. The second kappa shape index (κ2) is 6.01. The van der Waals surface area contributed by atoms with Crippen LogP contribution in [0, 0.1) is 22.7 Å². The van der Waals surface area contributed by atoms with Crippen molar-refractivity contribution in [3.8, 4) is 12.1 Å². The minimum atomic E-state index is 0.403. The third kappa shape index (κ3) is 3.80. The zero-order valence-electron chi connectivity index (χ0n) is 8.01. The fraction of sp³-hybridized carbons (Fsp3) is 0. The Morgan fingerprint density at radius 2 is 1.93 bits per heavy atom. The van der Waals surface area contributed by atoms with Crippen LogP contribution in [0.3, 0.4) is 0 Å². The fourth-order valence-corrected chi connectivity index (χ4v) is 0.940. The first-order valence-electron chi connectivity index (χ1n) is 4.35. The fourth-order valence-electron chi connectivity index (χ4n) is 0.940. The lowest BCUT2D eigenvalue weighted by Gasteiger charge is -1.98. The molecule has 0 unspecified atom stereocenters. The molecule has 0 heterocycles. The van der Waals surface area contributed by atoms with Gasteiger partial charge in [0, 0.05) is 18.0 Å². The first-order valence-corrected chi connectivity index (χ1v) is 4.35. The number of allylic oxidation sites excluding steroid dienone is 3. The summed E-state index contributed by atoms with van der Waals surface area (Å²) in [5, 5.41) is 20.0. The molecule has 0 aliphatic heterocycles. The van der Waals surface area contributed by atoms with Crippen LogP contribution in [0.15, 0.2) is 54.3 Å². The van der Waals surface area contributed by atoms with Gasteiger partial charge >= 0.3 is 0 Å². The summed E-state index contributed by atoms with van der Waals surface area (Å²) < 4.78 is 0. The van der Waals surface area contributed by atoms with E-state index in [1.54, 1.807) is 6.20 Å². The summed E-state index contributed by atoms with van der Waals surface area (Å²) in [4.78, 5) is 0. The molecule has 1 aromatic carbocycles. The van der Waals surface area contributed by atoms with Gasteiger partial charge in [0.05, 0.1) is 11.6 Å². The minimum Gasteiger partial charge on any atom is -0.360 e. The number of rotatable bonds is 3. The highest BCUT2D eigenvalue weighted by Gasteiger charge is 1.89. The molecule has 1 N–H and O–H groups in total. The molecule has 0 saturated carbocycles. The summed E-state index contributed by atoms with van der Waals surface area (Å²) in [6.07, 6.45) is 4.28. The molecule has 3 nitrogen and oxygen atoms in total. The molecule has 3 heteroatoms. The first-order chi connectivity index (χ1) is 7.36. The Kier molecular flexibility index (Phi) is 4.23. The summed E-state index contributed by atoms with van der Waals surface area (Å²) in [6, 6.07) is 13.3. The zero-order valence-corrected chi connectivity index (χ0v) is 8.01. The van der Waals surface area contributed by atoms with Gasteiger partial charge in [-0.2, -0.15) is 10.5 Å². The van der Waals surface area contributed by atoms with Gasteiger partial charge < -0.3 is 5.32 Å². The molecule has 72 valence electrons. The van der Waals surface area contributed by atoms with Crippen LogP contribution in [0.1, 0.15) is 0 Å². The Labute approximate surface area is 88.6 Å². The number of benzene rings is 1. The Hall–Kier alpha value is -2.52. The molecule has 1 aromatic rings. The van der Waals surface area contributed by atoms with Gasteiger partial charge in [0.1, 0.15) is 6.07 Å². The summed E-state index contributed by atoms with van der Waals surface area (Å²) in [6.45, 7) is 0. The predicted molar refractivity (Wildman–Crippen MR) is 58.5 cm³/mol. The lowest BCUT2D eigenvalue weighted by Crippen LogP contribution is -1.88. The van der Waals surface area contributed by atoms with E-state index >= 15 is 0 Å². The molecule has 0 aromatic heterocycles. The summed E-state index contributed by atoms with van der Waals surface area (Å²) >= 11 is 0. The maximum atomic E-state index is 8.71. The molecular weight excluding hydrogens is 186 g/mol. The van der Waals surface area contributed by atoms with Crippen molar-refractivity contribution in [3.63, 3.8) is 0 Å². The smallest absolute Gasteiger partial charge is 0.101 e. The van der Waals surface area contributed by atoms with Gasteiger partial charge in [-0.15, -0.1) is 0 Å². The first kappa shape index (κ1) is 10.6. The highest BCUT2D eigenvalue weighted by Crippen LogP contribution is 2.06. The Morgan fingerprint density at radius 3 is 2.53 bits per heavy atom. The van der Waals surface area contributed by atoms with Crippen LogP contribution in [0.2, 0.25) is 0 Å². The zero-order chi connectivity index (χ0) is 10.9. The van der Waals surface area contributed by atoms with Gasteiger partial charge in [0.15, 0.2) is 0 Å². The number of para-hydroxylation sites is 1. The third-order valence-electron chi connectivity index (χ3n) is 1.63. The third-order valence-corrected chi connectivity index (χ3v) is 1.63. The lowest BCUT2D eigenvalue weighted by molar-refractivity contribution is 1.47. The lowest BCUT2D eigenvalue weighted by atomic mass is 10.3. The monoisotopic (exact) mass is 195 g/mol. The molecule has 0 amide bonds. The van der Waals surface area contributed by atoms with Gasteiger partial charge in [-0.3, -0.25) is 0 Å². The van der Waals surface area contributed by atoms with Crippen LogP contribution in [-0.2, 0) is 0 Å². The van der Waals surface area contributed by atoms with Crippen LogP contribution in [0.4, 0.5) is 5.69 Å². The average Bonchev–Trinajstić information content (AvgIpc) is 2.31. The number of hydrogen-bond donors (Lipinski definition) is 1. The summed E-state index contributed by atoms with van der Waals surface area (Å²) in [5.74, 6) is 0. The predicted octanol–water partition coefficient (Wildman–Crippen LogP) is 2.59. The van der Waals surface area contributed by atoms with Gasteiger partial charge in [-0.05, 0) is 18.2 Å². The molecule has 0 aliphatic carbocycles. The topological polar surface area (TPSA) is 59.6 Å². The van der Waals surface area contributed by atoms with E-state index < -0.39 is 0 Å². The van der Waals surface area contributed by atoms with E-state index in [4.69, 9.17) is 10.5 Å². The van der Waals surface area contributed by atoms with Crippen LogP contribution >= 0.6 is 0 Å². The Balaban J connectivity index is 2.69. The van der Waals surface area contributed by atoms with E-state index in [2.05, 4.69) is 5.32 Å². The minimum absolute atomic E-state index is 0.403. The number of anilines is 1. The van der Waals surface area contributed by atoms with E-state index in [1.807, 2.05) is 42.5 Å². The standard InChI is InChI=1S/C12H9N3/c13-8-4-5-11(9-14)10-15-12-6-2-1-3-7-12/h1-7,10,15H. The van der Waals surface area contributed by atoms with Crippen molar-refractivity contribution in [2.45, 2.75) is 0 Å². The molecule has 0 saturated heterocycles. The van der Waals surface area contributed by atoms with Gasteiger partial charge in [0.25, 0.3) is 0 Å². The van der Waals surface area contributed by atoms with E-state index in [1.165, 1.54) is 12.2 Å². The van der Waals surface area contributed by atoms with Crippen molar-refractivity contribution in [2.24, 2.45) is 0 Å². The second-order valence-electron chi connectivity index (χ2n) is 2.68. The molecule has 0 spiro atoms. The van der Waals surface area contributed by atoms with Crippen LogP contribution in [0.25, 0.3) is 0 Å². The van der Waals surface area contributed by atoms with Crippen LogP contribution in [-0.4, -0.2) is 0 Å². The average molecular weight is 195 g/mol. The highest BCUT2D eigenvalue weighted by molar-refractivity contribution is 5.48. The molecule has 0 atom stereocenters. The number of hydrogen-bond acceptors (Lipinski definition) is 3. The molecule has 0 aliphatic rings. The van der Waals surface area contributed by atoms with Crippen molar-refractivity contribution >= 4 is 5.69 Å². The summed E-state index contributed by atoms with van der Waals surface area (Å²) in [5.41, 5.74) is 1.30. The van der Waals surface area contributed by atoms with E-state index in [-0.39, 0.29) is 0 Å². The van der Waals surface area contributed by atoms with E-state index in [0.29, 0.717) is 5.57 Å². The van der Waals surface area contributed by atoms with Crippen molar-refractivity contribution < 1.29 is 0 Å². The molecule has 15 heavy (non-hydrogen) atoms. The highest BCUT2D eigenvalue weighted by atomic mass is 14.8. The van der Waals surface area contributed by atoms with Crippen molar-refractivity contribution in [1.29, 1.82) is 10.5 Å². The van der Waals surface area contributed by atoms with Crippen molar-refractivity contribution in [3.05, 3.63) is 54.3 Å². The summed E-state index contributed by atoms with van der Waals surface area (Å²) in [7, 11) is 0. The SMILES string of the molecule is N#CC=CC(C#N)=CNc1ccccc1. The van der Waals surface area contributed by atoms with Crippen molar-refractivity contribution in [2.75, 3.05) is 5.32 Å². The van der Waals surface area contributed by atoms with E-state index in [0.717, 1.165) is 5.69 Å². The van der Waals surface area contributed by atoms with Gasteiger partial charge in [-0.1, -0.05) is 18.2 Å². The maximum Gasteiger partial charge on any atom is 0.101 e. The molecule has 0 bridgehead atoms. The van der Waals surface area contributed by atoms with Gasteiger partial charge in [0.2, 0.25) is 0 Å². The normalized spacial score (nSPS) is 10.7. The molecule has 0 fully saturated rings. The Morgan fingerprint density at radius 1 is 1.20 bits per heavy atom. The number of nitriles is 2. The largest absolute Gasteiger partial charge is 0.360 e.